The van der Waals surface area contributed by atoms with Crippen molar-refractivity contribution in [2.45, 2.75) is 0 Å². The number of amides is 1. The number of halogens is 1. The fraction of sp³-hybridized carbons (Fsp3) is 0.0417. The van der Waals surface area contributed by atoms with Crippen molar-refractivity contribution in [3.63, 3.8) is 0 Å². The van der Waals surface area contributed by atoms with E-state index < -0.39 is 11.5 Å². The Kier molecular flexibility index (Phi) is 5.46. The van der Waals surface area contributed by atoms with Crippen LogP contribution in [0.5, 0.6) is 0 Å². The zero-order chi connectivity index (χ0) is 21.1. The summed E-state index contributed by atoms with van der Waals surface area (Å²) in [6, 6.07) is 25.6. The minimum atomic E-state index is -0.503. The summed E-state index contributed by atoms with van der Waals surface area (Å²) in [4.78, 5) is 26.3. The molecular weight excluding hydrogens is 398 g/mol. The summed E-state index contributed by atoms with van der Waals surface area (Å²) in [5.41, 5.74) is 2.72. The van der Waals surface area contributed by atoms with Crippen molar-refractivity contribution in [2.75, 3.05) is 5.32 Å². The maximum Gasteiger partial charge on any atom is 0.280 e. The van der Waals surface area contributed by atoms with E-state index in [2.05, 4.69) is 10.4 Å². The van der Waals surface area contributed by atoms with Gasteiger partial charge in [0.1, 0.15) is 5.56 Å². The molecule has 1 amide bonds. The zero-order valence-electron chi connectivity index (χ0n) is 16.2. The third kappa shape index (κ3) is 3.88. The number of hydrogen-bond acceptors (Lipinski definition) is 3. The highest BCUT2D eigenvalue weighted by molar-refractivity contribution is 6.30. The Morgan fingerprint density at radius 1 is 0.867 bits per heavy atom. The monoisotopic (exact) mass is 415 g/mol. The number of rotatable bonds is 4. The molecule has 0 spiro atoms. The van der Waals surface area contributed by atoms with Gasteiger partial charge in [-0.1, -0.05) is 72.3 Å². The number of carbonyl (C=O) groups is 1. The van der Waals surface area contributed by atoms with Crippen molar-refractivity contribution in [3.05, 3.63) is 106 Å². The molecule has 0 aliphatic heterocycles. The van der Waals surface area contributed by atoms with Crippen LogP contribution in [0.25, 0.3) is 22.4 Å². The van der Waals surface area contributed by atoms with Gasteiger partial charge in [-0.25, -0.2) is 4.68 Å². The summed E-state index contributed by atoms with van der Waals surface area (Å²) in [7, 11) is 1.54. The largest absolute Gasteiger partial charge is 0.322 e. The number of anilines is 1. The average molecular weight is 416 g/mol. The third-order valence-corrected chi connectivity index (χ3v) is 4.94. The van der Waals surface area contributed by atoms with Crippen LogP contribution in [0, 0.1) is 0 Å². The van der Waals surface area contributed by atoms with E-state index in [-0.39, 0.29) is 5.56 Å². The van der Waals surface area contributed by atoms with Crippen molar-refractivity contribution in [2.24, 2.45) is 7.05 Å². The van der Waals surface area contributed by atoms with Crippen molar-refractivity contribution in [1.29, 1.82) is 0 Å². The topological polar surface area (TPSA) is 64.0 Å². The number of hydrogen-bond donors (Lipinski definition) is 1. The number of aryl methyl sites for hydroxylation is 1. The first kappa shape index (κ1) is 19.6. The van der Waals surface area contributed by atoms with Crippen molar-refractivity contribution in [1.82, 2.24) is 9.78 Å². The smallest absolute Gasteiger partial charge is 0.280 e. The van der Waals surface area contributed by atoms with Gasteiger partial charge in [0.2, 0.25) is 0 Å². The molecule has 4 aromatic rings. The van der Waals surface area contributed by atoms with Crippen molar-refractivity contribution < 1.29 is 4.79 Å². The molecule has 5 nitrogen and oxygen atoms in total. The molecule has 148 valence electrons. The summed E-state index contributed by atoms with van der Waals surface area (Å²) < 4.78 is 1.20. The SMILES string of the molecule is Cn1nc(-c2ccccc2)c(-c2ccccc2)c(C(=O)Nc2ccc(Cl)cc2)c1=O. The lowest BCUT2D eigenvalue weighted by Crippen LogP contribution is -2.31. The lowest BCUT2D eigenvalue weighted by atomic mass is 9.95. The van der Waals surface area contributed by atoms with E-state index >= 15 is 0 Å². The van der Waals surface area contributed by atoms with Crippen LogP contribution in [0.15, 0.2) is 89.7 Å². The second-order valence-electron chi connectivity index (χ2n) is 6.72. The Labute approximate surface area is 178 Å². The Hall–Kier alpha value is -3.70. The highest BCUT2D eigenvalue weighted by Crippen LogP contribution is 2.32. The molecule has 4 rings (SSSR count). The molecule has 1 N–H and O–H groups in total. The van der Waals surface area contributed by atoms with Gasteiger partial charge in [-0.15, -0.1) is 0 Å². The standard InChI is InChI=1S/C24H18ClN3O2/c1-28-24(30)21(23(29)26-19-14-12-18(25)13-15-19)20(16-8-4-2-5-9-16)22(27-28)17-10-6-3-7-11-17/h2-15H,1H3,(H,26,29). The molecule has 0 fully saturated rings. The quantitative estimate of drug-likeness (QED) is 0.509. The number of aromatic nitrogens is 2. The van der Waals surface area contributed by atoms with Gasteiger partial charge in [0.25, 0.3) is 11.5 Å². The molecule has 0 saturated carbocycles. The van der Waals surface area contributed by atoms with Gasteiger partial charge in [-0.3, -0.25) is 9.59 Å². The second kappa shape index (κ2) is 8.35. The van der Waals surface area contributed by atoms with Crippen LogP contribution in [-0.2, 0) is 7.05 Å². The fourth-order valence-corrected chi connectivity index (χ4v) is 3.38. The molecule has 3 aromatic carbocycles. The molecule has 1 aromatic heterocycles. The van der Waals surface area contributed by atoms with Gasteiger partial charge in [0, 0.05) is 28.9 Å². The molecule has 0 bridgehead atoms. The lowest BCUT2D eigenvalue weighted by molar-refractivity contribution is 0.102. The fourth-order valence-electron chi connectivity index (χ4n) is 3.25. The normalized spacial score (nSPS) is 10.6. The maximum absolute atomic E-state index is 13.3. The van der Waals surface area contributed by atoms with Gasteiger partial charge in [0.05, 0.1) is 5.69 Å². The second-order valence-corrected chi connectivity index (χ2v) is 7.16. The lowest BCUT2D eigenvalue weighted by Gasteiger charge is -2.16. The summed E-state index contributed by atoms with van der Waals surface area (Å²) in [6.07, 6.45) is 0. The molecular formula is C24H18ClN3O2. The van der Waals surface area contributed by atoms with Crippen molar-refractivity contribution in [3.8, 4) is 22.4 Å². The summed E-state index contributed by atoms with van der Waals surface area (Å²) in [6.45, 7) is 0. The molecule has 0 atom stereocenters. The Balaban J connectivity index is 1.94. The van der Waals surface area contributed by atoms with Gasteiger partial charge in [-0.2, -0.15) is 5.10 Å². The molecule has 1 heterocycles. The first-order chi connectivity index (χ1) is 14.5. The molecule has 0 radical (unpaired) electrons. The van der Waals surface area contributed by atoms with Gasteiger partial charge >= 0.3 is 0 Å². The number of carbonyl (C=O) groups excluding carboxylic acids is 1. The third-order valence-electron chi connectivity index (χ3n) is 4.68. The van der Waals surface area contributed by atoms with Crippen molar-refractivity contribution >= 4 is 23.2 Å². The number of nitrogens with one attached hydrogen (secondary N) is 1. The Morgan fingerprint density at radius 3 is 2.03 bits per heavy atom. The zero-order valence-corrected chi connectivity index (χ0v) is 16.9. The molecule has 0 saturated heterocycles. The van der Waals surface area contributed by atoms with Crippen LogP contribution in [0.4, 0.5) is 5.69 Å². The van der Waals surface area contributed by atoms with Crippen LogP contribution in [-0.4, -0.2) is 15.7 Å². The van der Waals surface area contributed by atoms with Crippen LogP contribution < -0.4 is 10.9 Å². The predicted octanol–water partition coefficient (Wildman–Crippen LogP) is 5.02. The average Bonchev–Trinajstić information content (AvgIpc) is 2.78. The molecule has 0 aliphatic carbocycles. The number of nitrogens with zero attached hydrogens (tertiary/aromatic N) is 2. The summed E-state index contributed by atoms with van der Waals surface area (Å²) >= 11 is 5.93. The first-order valence-electron chi connectivity index (χ1n) is 9.33. The summed E-state index contributed by atoms with van der Waals surface area (Å²) in [5, 5.41) is 7.85. The van der Waals surface area contributed by atoms with Gasteiger partial charge < -0.3 is 5.32 Å². The van der Waals surface area contributed by atoms with E-state index in [4.69, 9.17) is 11.6 Å². The van der Waals surface area contributed by atoms with Gasteiger partial charge in [0.15, 0.2) is 0 Å². The molecule has 0 unspecified atom stereocenters. The highest BCUT2D eigenvalue weighted by atomic mass is 35.5. The first-order valence-corrected chi connectivity index (χ1v) is 9.71. The minimum Gasteiger partial charge on any atom is -0.322 e. The van der Waals surface area contributed by atoms with E-state index in [1.165, 1.54) is 4.68 Å². The Morgan fingerprint density at radius 2 is 1.43 bits per heavy atom. The molecule has 6 heteroatoms. The van der Waals surface area contributed by atoms with Gasteiger partial charge in [-0.05, 0) is 29.8 Å². The predicted molar refractivity (Wildman–Crippen MR) is 120 cm³/mol. The number of benzene rings is 3. The van der Waals surface area contributed by atoms with E-state index in [9.17, 15) is 9.59 Å². The van der Waals surface area contributed by atoms with E-state index in [0.29, 0.717) is 22.0 Å². The van der Waals surface area contributed by atoms with E-state index in [1.807, 2.05) is 60.7 Å². The highest BCUT2D eigenvalue weighted by Gasteiger charge is 2.24. The van der Waals surface area contributed by atoms with E-state index in [1.54, 1.807) is 31.3 Å². The maximum atomic E-state index is 13.3. The van der Waals surface area contributed by atoms with Crippen LogP contribution in [0.2, 0.25) is 5.02 Å². The van der Waals surface area contributed by atoms with Crippen LogP contribution in [0.1, 0.15) is 10.4 Å². The minimum absolute atomic E-state index is 0.0347. The van der Waals surface area contributed by atoms with Crippen LogP contribution in [0.3, 0.4) is 0 Å². The summed E-state index contributed by atoms with van der Waals surface area (Å²) in [5.74, 6) is -0.503. The van der Waals surface area contributed by atoms with E-state index in [0.717, 1.165) is 11.1 Å². The molecule has 0 aliphatic rings. The van der Waals surface area contributed by atoms with Crippen LogP contribution >= 0.6 is 11.6 Å². The molecule has 30 heavy (non-hydrogen) atoms. The Bertz CT molecular complexity index is 1250.